The molecule has 1 N–H and O–H groups in total. The van der Waals surface area contributed by atoms with Crippen LogP contribution in [0, 0.1) is 0 Å². The van der Waals surface area contributed by atoms with E-state index in [9.17, 15) is 8.42 Å². The molecule has 1 atom stereocenters. The van der Waals surface area contributed by atoms with E-state index in [1.165, 1.54) is 24.7 Å². The first-order valence-corrected chi connectivity index (χ1v) is 9.66. The molecule has 0 spiro atoms. The average Bonchev–Trinajstić information content (AvgIpc) is 2.48. The summed E-state index contributed by atoms with van der Waals surface area (Å²) in [4.78, 5) is 2.92. The number of nitrogens with zero attached hydrogens (tertiary/aromatic N) is 1. The summed E-state index contributed by atoms with van der Waals surface area (Å²) < 4.78 is 23.1. The van der Waals surface area contributed by atoms with Crippen molar-refractivity contribution in [2.45, 2.75) is 37.1 Å². The second-order valence-electron chi connectivity index (χ2n) is 5.79. The van der Waals surface area contributed by atoms with E-state index in [0.29, 0.717) is 10.9 Å². The molecule has 134 valence electrons. The maximum absolute atomic E-state index is 11.6. The number of unbranched alkanes of at least 4 members (excludes halogenated alkanes) is 1. The van der Waals surface area contributed by atoms with Crippen LogP contribution in [0.3, 0.4) is 0 Å². The molecule has 0 bridgehead atoms. The fourth-order valence-corrected chi connectivity index (χ4v) is 3.52. The first kappa shape index (κ1) is 22.7. The molecule has 2 rings (SSSR count). The molecule has 0 unspecified atom stereocenters. The van der Waals surface area contributed by atoms with Crippen LogP contribution in [0.2, 0.25) is 0 Å². The van der Waals surface area contributed by atoms with Crippen molar-refractivity contribution >= 4 is 34.7 Å². The minimum Gasteiger partial charge on any atom is -0.314 e. The quantitative estimate of drug-likeness (QED) is 0.820. The van der Waals surface area contributed by atoms with Gasteiger partial charge in [-0.1, -0.05) is 31.9 Å². The number of halogens is 2. The zero-order valence-electron chi connectivity index (χ0n) is 13.8. The van der Waals surface area contributed by atoms with Gasteiger partial charge in [0.15, 0.2) is 9.84 Å². The summed E-state index contributed by atoms with van der Waals surface area (Å²) >= 11 is 0. The Balaban J connectivity index is 0.00000242. The number of sulfone groups is 1. The molecule has 1 aliphatic rings. The Morgan fingerprint density at radius 2 is 1.70 bits per heavy atom. The molecule has 0 saturated carbocycles. The van der Waals surface area contributed by atoms with Crippen molar-refractivity contribution in [1.29, 1.82) is 0 Å². The Kier molecular flexibility index (Phi) is 10.4. The molecule has 1 aromatic rings. The highest BCUT2D eigenvalue weighted by molar-refractivity contribution is 7.90. The summed E-state index contributed by atoms with van der Waals surface area (Å²) in [5, 5.41) is 3.39. The van der Waals surface area contributed by atoms with E-state index in [1.54, 1.807) is 12.1 Å². The van der Waals surface area contributed by atoms with E-state index in [1.807, 2.05) is 12.1 Å². The molecule has 1 aliphatic heterocycles. The van der Waals surface area contributed by atoms with Crippen molar-refractivity contribution < 1.29 is 8.42 Å². The van der Waals surface area contributed by atoms with E-state index >= 15 is 0 Å². The summed E-state index contributed by atoms with van der Waals surface area (Å²) in [7, 11) is -3.11. The van der Waals surface area contributed by atoms with Crippen LogP contribution in [0.15, 0.2) is 29.2 Å². The van der Waals surface area contributed by atoms with Crippen LogP contribution >= 0.6 is 24.8 Å². The molecule has 0 amide bonds. The molecule has 4 nitrogen and oxygen atoms in total. The number of piperazine rings is 1. The molecule has 0 aliphatic carbocycles. The Morgan fingerprint density at radius 1 is 1.13 bits per heavy atom. The highest BCUT2D eigenvalue weighted by Gasteiger charge is 2.22. The van der Waals surface area contributed by atoms with Gasteiger partial charge >= 0.3 is 0 Å². The lowest BCUT2D eigenvalue weighted by atomic mass is 9.99. The van der Waals surface area contributed by atoms with E-state index in [-0.39, 0.29) is 24.8 Å². The molecular weight excluding hydrogens is 355 g/mol. The third-order valence-electron chi connectivity index (χ3n) is 4.12. The van der Waals surface area contributed by atoms with Gasteiger partial charge in [-0.2, -0.15) is 0 Å². The normalized spacial score (nSPS) is 17.0. The van der Waals surface area contributed by atoms with Crippen LogP contribution in [0.5, 0.6) is 0 Å². The zero-order chi connectivity index (χ0) is 15.3. The molecule has 7 heteroatoms. The Hall–Kier alpha value is -0.330. The van der Waals surface area contributed by atoms with Gasteiger partial charge in [0.1, 0.15) is 0 Å². The zero-order valence-corrected chi connectivity index (χ0v) is 16.3. The van der Waals surface area contributed by atoms with Crippen LogP contribution in [0.1, 0.15) is 37.8 Å². The molecule has 1 saturated heterocycles. The number of hydrogen-bond donors (Lipinski definition) is 1. The van der Waals surface area contributed by atoms with Gasteiger partial charge in [-0.15, -0.1) is 24.8 Å². The van der Waals surface area contributed by atoms with Gasteiger partial charge in [-0.25, -0.2) is 8.42 Å². The standard InChI is InChI=1S/C16H26N2O2S.2ClH/c1-3-4-5-16(18-12-10-17-11-13-18)14-6-8-15(9-7-14)21(2,19)20;;/h6-9,16-17H,3-5,10-13H2,1-2H3;2*1H/t16-;;/m1../s1. The highest BCUT2D eigenvalue weighted by atomic mass is 35.5. The van der Waals surface area contributed by atoms with Crippen molar-refractivity contribution in [3.05, 3.63) is 29.8 Å². The smallest absolute Gasteiger partial charge is 0.175 e. The minimum absolute atomic E-state index is 0. The van der Waals surface area contributed by atoms with Crippen LogP contribution in [-0.4, -0.2) is 45.8 Å². The van der Waals surface area contributed by atoms with Crippen LogP contribution < -0.4 is 5.32 Å². The Labute approximate surface area is 152 Å². The van der Waals surface area contributed by atoms with Crippen molar-refractivity contribution in [2.24, 2.45) is 0 Å². The van der Waals surface area contributed by atoms with Gasteiger partial charge in [0, 0.05) is 38.5 Å². The Bertz CT molecular complexity index is 544. The second kappa shape index (κ2) is 10.5. The molecule has 23 heavy (non-hydrogen) atoms. The van der Waals surface area contributed by atoms with E-state index in [2.05, 4.69) is 17.1 Å². The highest BCUT2D eigenvalue weighted by Crippen LogP contribution is 2.27. The number of rotatable bonds is 6. The van der Waals surface area contributed by atoms with Crippen LogP contribution in [-0.2, 0) is 9.84 Å². The predicted octanol–water partition coefficient (Wildman–Crippen LogP) is 3.07. The SMILES string of the molecule is CCCC[C@H](c1ccc(S(C)(=O)=O)cc1)N1CCNCC1.Cl.Cl. The molecular formula is C16H28Cl2N2O2S. The minimum atomic E-state index is -3.11. The fraction of sp³-hybridized carbons (Fsp3) is 0.625. The third-order valence-corrected chi connectivity index (χ3v) is 5.24. The van der Waals surface area contributed by atoms with Crippen molar-refractivity contribution in [2.75, 3.05) is 32.4 Å². The molecule has 1 heterocycles. The summed E-state index contributed by atoms with van der Waals surface area (Å²) in [5.74, 6) is 0. The third kappa shape index (κ3) is 6.59. The summed E-state index contributed by atoms with van der Waals surface area (Å²) in [5.41, 5.74) is 1.23. The van der Waals surface area contributed by atoms with Crippen LogP contribution in [0.25, 0.3) is 0 Å². The lowest BCUT2D eigenvalue weighted by Gasteiger charge is -2.35. The molecule has 0 radical (unpaired) electrons. The van der Waals surface area contributed by atoms with Crippen molar-refractivity contribution in [3.63, 3.8) is 0 Å². The maximum Gasteiger partial charge on any atom is 0.175 e. The molecule has 1 fully saturated rings. The monoisotopic (exact) mass is 382 g/mol. The van der Waals surface area contributed by atoms with E-state index in [0.717, 1.165) is 32.6 Å². The summed E-state index contributed by atoms with van der Waals surface area (Å²) in [6.07, 6.45) is 4.77. The number of nitrogens with one attached hydrogen (secondary N) is 1. The van der Waals surface area contributed by atoms with Gasteiger partial charge in [0.05, 0.1) is 4.90 Å². The van der Waals surface area contributed by atoms with Gasteiger partial charge in [-0.3, -0.25) is 4.90 Å². The topological polar surface area (TPSA) is 49.4 Å². The predicted molar refractivity (Wildman–Crippen MR) is 101 cm³/mol. The first-order chi connectivity index (χ1) is 10.0. The van der Waals surface area contributed by atoms with E-state index in [4.69, 9.17) is 0 Å². The summed E-state index contributed by atoms with van der Waals surface area (Å²) in [6, 6.07) is 7.86. The number of benzene rings is 1. The lowest BCUT2D eigenvalue weighted by molar-refractivity contribution is 0.163. The average molecular weight is 383 g/mol. The summed E-state index contributed by atoms with van der Waals surface area (Å²) in [6.45, 7) is 6.39. The lowest BCUT2D eigenvalue weighted by Crippen LogP contribution is -2.45. The van der Waals surface area contributed by atoms with Gasteiger partial charge in [0.2, 0.25) is 0 Å². The molecule has 1 aromatic carbocycles. The second-order valence-corrected chi connectivity index (χ2v) is 7.80. The molecule has 0 aromatic heterocycles. The fourth-order valence-electron chi connectivity index (χ4n) is 2.89. The van der Waals surface area contributed by atoms with Crippen molar-refractivity contribution in [3.8, 4) is 0 Å². The van der Waals surface area contributed by atoms with Gasteiger partial charge in [-0.05, 0) is 24.1 Å². The first-order valence-electron chi connectivity index (χ1n) is 7.77. The number of hydrogen-bond acceptors (Lipinski definition) is 4. The van der Waals surface area contributed by atoms with Crippen molar-refractivity contribution in [1.82, 2.24) is 10.2 Å². The maximum atomic E-state index is 11.6. The van der Waals surface area contributed by atoms with E-state index < -0.39 is 9.84 Å². The largest absolute Gasteiger partial charge is 0.314 e. The van der Waals surface area contributed by atoms with Gasteiger partial charge < -0.3 is 5.32 Å². The van der Waals surface area contributed by atoms with Gasteiger partial charge in [0.25, 0.3) is 0 Å². The Morgan fingerprint density at radius 3 is 2.17 bits per heavy atom. The van der Waals surface area contributed by atoms with Crippen LogP contribution in [0.4, 0.5) is 0 Å².